The lowest BCUT2D eigenvalue weighted by molar-refractivity contribution is -0.139. The lowest BCUT2D eigenvalue weighted by atomic mass is 9.76. The average Bonchev–Trinajstić information content (AvgIpc) is 3.45. The molecule has 2 saturated heterocycles. The van der Waals surface area contributed by atoms with Crippen molar-refractivity contribution in [2.24, 2.45) is 11.8 Å². The number of hydrogen-bond donors (Lipinski definition) is 0. The molecule has 2 bridgehead atoms. The molecular formula is C24H26N2O4. The summed E-state index contributed by atoms with van der Waals surface area (Å²) in [6.45, 7) is 6.78. The smallest absolute Gasteiger partial charge is 0.234 e. The topological polar surface area (TPSA) is 63.0 Å². The van der Waals surface area contributed by atoms with E-state index in [1.807, 2.05) is 56.3 Å². The maximum absolute atomic E-state index is 13.5. The number of fused-ring (bicyclic) bond motifs is 1. The monoisotopic (exact) mass is 406 g/mol. The van der Waals surface area contributed by atoms with Crippen molar-refractivity contribution in [2.75, 3.05) is 18.5 Å². The summed E-state index contributed by atoms with van der Waals surface area (Å²) in [4.78, 5) is 30.3. The lowest BCUT2D eigenvalue weighted by Crippen LogP contribution is -2.44. The second-order valence-electron chi connectivity index (χ2n) is 8.80. The number of carbonyl (C=O) groups is 2. The summed E-state index contributed by atoms with van der Waals surface area (Å²) in [5, 5.41) is 0. The minimum absolute atomic E-state index is 0.0364. The zero-order valence-corrected chi connectivity index (χ0v) is 17.7. The van der Waals surface area contributed by atoms with Gasteiger partial charge in [0.15, 0.2) is 0 Å². The van der Waals surface area contributed by atoms with Crippen LogP contribution in [0.4, 0.5) is 5.69 Å². The molecule has 4 atom stereocenters. The third-order valence-corrected chi connectivity index (χ3v) is 6.75. The molecule has 4 heterocycles. The molecule has 0 radical (unpaired) electrons. The van der Waals surface area contributed by atoms with Crippen LogP contribution >= 0.6 is 0 Å². The third kappa shape index (κ3) is 2.74. The molecule has 0 N–H and O–H groups in total. The summed E-state index contributed by atoms with van der Waals surface area (Å²) >= 11 is 0. The van der Waals surface area contributed by atoms with Crippen molar-refractivity contribution in [3.8, 4) is 0 Å². The average molecular weight is 406 g/mol. The highest BCUT2D eigenvalue weighted by molar-refractivity contribution is 6.03. The van der Waals surface area contributed by atoms with Gasteiger partial charge in [-0.15, -0.1) is 0 Å². The Kier molecular flexibility index (Phi) is 4.19. The molecule has 156 valence electrons. The van der Waals surface area contributed by atoms with Gasteiger partial charge in [0.1, 0.15) is 17.1 Å². The van der Waals surface area contributed by atoms with Gasteiger partial charge < -0.3 is 19.0 Å². The third-order valence-electron chi connectivity index (χ3n) is 6.75. The maximum Gasteiger partial charge on any atom is 0.234 e. The summed E-state index contributed by atoms with van der Waals surface area (Å²) in [7, 11) is 1.75. The van der Waals surface area contributed by atoms with E-state index in [9.17, 15) is 9.59 Å². The summed E-state index contributed by atoms with van der Waals surface area (Å²) < 4.78 is 11.9. The van der Waals surface area contributed by atoms with Crippen molar-refractivity contribution in [1.29, 1.82) is 0 Å². The second kappa shape index (κ2) is 6.57. The molecule has 1 aromatic heterocycles. The number of rotatable bonds is 4. The van der Waals surface area contributed by atoms with Crippen molar-refractivity contribution in [3.05, 3.63) is 65.1 Å². The molecule has 6 nitrogen and oxygen atoms in total. The summed E-state index contributed by atoms with van der Waals surface area (Å²) in [6.07, 6.45) is 3.58. The minimum Gasteiger partial charge on any atom is -0.464 e. The Morgan fingerprint density at radius 2 is 2.00 bits per heavy atom. The standard InChI is InChI=1S/C24H26N2O4/c1-14-5-7-17(11-15(14)2)26-13-24-10-9-19(30-24)20(21(24)23(26)28)22(27)25(4)12-18-8-6-16(3)29-18/h5-11,19-21H,12-13H2,1-4H3/t19-,20-,21-,24-/m0/s1. The zero-order chi connectivity index (χ0) is 21.2. The van der Waals surface area contributed by atoms with Gasteiger partial charge in [-0.2, -0.15) is 0 Å². The fourth-order valence-electron chi connectivity index (χ4n) is 5.03. The van der Waals surface area contributed by atoms with Crippen LogP contribution in [0, 0.1) is 32.6 Å². The largest absolute Gasteiger partial charge is 0.464 e. The molecule has 2 fully saturated rings. The fraction of sp³-hybridized carbons (Fsp3) is 0.417. The van der Waals surface area contributed by atoms with Gasteiger partial charge in [-0.3, -0.25) is 9.59 Å². The number of nitrogens with zero attached hydrogens (tertiary/aromatic N) is 2. The van der Waals surface area contributed by atoms with Gasteiger partial charge in [-0.25, -0.2) is 0 Å². The number of aryl methyl sites for hydroxylation is 3. The number of hydrogen-bond acceptors (Lipinski definition) is 4. The normalized spacial score (nSPS) is 29.0. The highest BCUT2D eigenvalue weighted by Crippen LogP contribution is 2.53. The van der Waals surface area contributed by atoms with Crippen LogP contribution in [0.5, 0.6) is 0 Å². The van der Waals surface area contributed by atoms with Crippen LogP contribution in [0.3, 0.4) is 0 Å². The second-order valence-corrected chi connectivity index (χ2v) is 8.80. The molecule has 0 saturated carbocycles. The van der Waals surface area contributed by atoms with Crippen LogP contribution in [0.1, 0.15) is 22.6 Å². The van der Waals surface area contributed by atoms with Crippen molar-refractivity contribution >= 4 is 17.5 Å². The van der Waals surface area contributed by atoms with Crippen molar-refractivity contribution in [3.63, 3.8) is 0 Å². The van der Waals surface area contributed by atoms with Crippen LogP contribution in [-0.2, 0) is 20.9 Å². The molecular weight excluding hydrogens is 380 g/mol. The Bertz CT molecular complexity index is 1070. The zero-order valence-electron chi connectivity index (χ0n) is 17.7. The Balaban J connectivity index is 1.42. The molecule has 0 aliphatic carbocycles. The summed E-state index contributed by atoms with van der Waals surface area (Å²) in [6, 6.07) is 9.78. The van der Waals surface area contributed by atoms with E-state index in [0.717, 1.165) is 22.8 Å². The van der Waals surface area contributed by atoms with E-state index in [2.05, 4.69) is 6.92 Å². The Morgan fingerprint density at radius 1 is 1.20 bits per heavy atom. The quantitative estimate of drug-likeness (QED) is 0.732. The number of furan rings is 1. The van der Waals surface area contributed by atoms with Gasteiger partial charge in [0, 0.05) is 12.7 Å². The van der Waals surface area contributed by atoms with Gasteiger partial charge in [0.05, 0.1) is 31.0 Å². The van der Waals surface area contributed by atoms with E-state index >= 15 is 0 Å². The lowest BCUT2D eigenvalue weighted by Gasteiger charge is -2.27. The van der Waals surface area contributed by atoms with E-state index in [0.29, 0.717) is 13.1 Å². The van der Waals surface area contributed by atoms with Crippen molar-refractivity contribution in [2.45, 2.75) is 39.0 Å². The number of amides is 2. The first-order valence-corrected chi connectivity index (χ1v) is 10.4. The van der Waals surface area contributed by atoms with Gasteiger partial charge >= 0.3 is 0 Å². The molecule has 3 aliphatic rings. The van der Waals surface area contributed by atoms with E-state index < -0.39 is 17.4 Å². The highest BCUT2D eigenvalue weighted by atomic mass is 16.5. The predicted molar refractivity (Wildman–Crippen MR) is 112 cm³/mol. The molecule has 2 amide bonds. The SMILES string of the molecule is Cc1ccc(CN(C)C(=O)[C@H]2[C@@H]3C=C[C@@]4(CN(c5ccc(C)c(C)c5)C(=O)[C@H]24)O3)o1. The van der Waals surface area contributed by atoms with Crippen molar-refractivity contribution < 1.29 is 18.7 Å². The molecule has 5 rings (SSSR count). The van der Waals surface area contributed by atoms with Crippen LogP contribution in [0.2, 0.25) is 0 Å². The first kappa shape index (κ1) is 19.1. The number of carbonyl (C=O) groups excluding carboxylic acids is 2. The first-order chi connectivity index (χ1) is 14.3. The molecule has 2 aromatic rings. The minimum atomic E-state index is -0.719. The van der Waals surface area contributed by atoms with Gasteiger partial charge in [0.25, 0.3) is 0 Å². The first-order valence-electron chi connectivity index (χ1n) is 10.4. The van der Waals surface area contributed by atoms with E-state index in [1.54, 1.807) is 16.8 Å². The molecule has 1 spiro atoms. The van der Waals surface area contributed by atoms with Gasteiger partial charge in [0.2, 0.25) is 11.8 Å². The van der Waals surface area contributed by atoms with Crippen molar-refractivity contribution in [1.82, 2.24) is 4.90 Å². The van der Waals surface area contributed by atoms with Crippen LogP contribution in [0.25, 0.3) is 0 Å². The number of benzene rings is 1. The molecule has 0 unspecified atom stereocenters. The van der Waals surface area contributed by atoms with E-state index in [4.69, 9.17) is 9.15 Å². The van der Waals surface area contributed by atoms with E-state index in [-0.39, 0.29) is 17.9 Å². The predicted octanol–water partition coefficient (Wildman–Crippen LogP) is 3.15. The number of ether oxygens (including phenoxy) is 1. The molecule has 1 aromatic carbocycles. The maximum atomic E-state index is 13.5. The Morgan fingerprint density at radius 3 is 2.70 bits per heavy atom. The molecule has 30 heavy (non-hydrogen) atoms. The fourth-order valence-corrected chi connectivity index (χ4v) is 5.03. The van der Waals surface area contributed by atoms with Crippen LogP contribution in [-0.4, -0.2) is 42.0 Å². The summed E-state index contributed by atoms with van der Waals surface area (Å²) in [5.74, 6) is 0.409. The van der Waals surface area contributed by atoms with E-state index in [1.165, 1.54) is 5.56 Å². The van der Waals surface area contributed by atoms with Crippen LogP contribution < -0.4 is 4.90 Å². The van der Waals surface area contributed by atoms with Crippen LogP contribution in [0.15, 0.2) is 46.9 Å². The van der Waals surface area contributed by atoms with Gasteiger partial charge in [-0.05, 0) is 56.2 Å². The number of anilines is 1. The Labute approximate surface area is 176 Å². The molecule has 3 aliphatic heterocycles. The van der Waals surface area contributed by atoms with Gasteiger partial charge in [-0.1, -0.05) is 18.2 Å². The molecule has 6 heteroatoms. The Hall–Kier alpha value is -2.86. The highest BCUT2D eigenvalue weighted by Gasteiger charge is 2.67. The summed E-state index contributed by atoms with van der Waals surface area (Å²) in [5.41, 5.74) is 2.46.